The van der Waals surface area contributed by atoms with Crippen LogP contribution in [-0.2, 0) is 14.3 Å². The van der Waals surface area contributed by atoms with E-state index < -0.39 is 11.4 Å². The Morgan fingerprint density at radius 1 is 0.850 bits per heavy atom. The Kier molecular flexibility index (Phi) is 10.1. The Morgan fingerprint density at radius 3 is 1.40 bits per heavy atom. The first kappa shape index (κ1) is 21.7. The third-order valence-electron chi connectivity index (χ3n) is 4.32. The van der Waals surface area contributed by atoms with Crippen molar-refractivity contribution in [1.82, 2.24) is 0 Å². The number of esters is 1. The lowest BCUT2D eigenvalue weighted by atomic mass is 9.54. The third-order valence-corrected chi connectivity index (χ3v) is 4.32. The molecule has 3 rings (SSSR count). The van der Waals surface area contributed by atoms with Crippen LogP contribution < -0.4 is 0 Å². The summed E-state index contributed by atoms with van der Waals surface area (Å²) >= 11 is 0. The Hall–Kier alpha value is -0.630. The van der Waals surface area contributed by atoms with E-state index in [2.05, 4.69) is 0 Å². The van der Waals surface area contributed by atoms with Crippen LogP contribution in [0.4, 0.5) is 0 Å². The van der Waals surface area contributed by atoms with Crippen LogP contribution in [0.5, 0.6) is 0 Å². The average Bonchev–Trinajstić information content (AvgIpc) is 2.52. The van der Waals surface area contributed by atoms with Crippen molar-refractivity contribution in [3.63, 3.8) is 0 Å². The van der Waals surface area contributed by atoms with E-state index in [1.165, 1.54) is 7.11 Å². The largest absolute Gasteiger partial charge is 0.481 e. The monoisotopic (exact) mass is 306 g/mol. The summed E-state index contributed by atoms with van der Waals surface area (Å²) in [6.07, 6.45) is 3.89. The molecule has 3 aliphatic rings. The van der Waals surface area contributed by atoms with Gasteiger partial charge in [-0.15, -0.1) is 0 Å². The first-order chi connectivity index (χ1) is 9.05. The maximum Gasteiger partial charge on any atom is 0.311 e. The Labute approximate surface area is 126 Å². The van der Waals surface area contributed by atoms with Crippen LogP contribution in [0.2, 0.25) is 0 Å². The van der Waals surface area contributed by atoms with Gasteiger partial charge >= 0.3 is 11.9 Å². The molecule has 0 aliphatic heterocycles. The van der Waals surface area contributed by atoms with Gasteiger partial charge < -0.3 is 9.84 Å². The van der Waals surface area contributed by atoms with E-state index in [4.69, 9.17) is 4.74 Å². The smallest absolute Gasteiger partial charge is 0.311 e. The van der Waals surface area contributed by atoms with Gasteiger partial charge in [-0.1, -0.05) is 27.7 Å². The number of carbonyl (C=O) groups excluding carboxylic acids is 1. The predicted octanol–water partition coefficient (Wildman–Crippen LogP) is 3.70. The highest BCUT2D eigenvalue weighted by Gasteiger charge is 2.56. The molecule has 0 heterocycles. The second kappa shape index (κ2) is 9.33. The zero-order valence-electron chi connectivity index (χ0n) is 13.6. The normalized spacial score (nSPS) is 29.6. The minimum absolute atomic E-state index is 0. The molecule has 3 fully saturated rings. The van der Waals surface area contributed by atoms with Gasteiger partial charge in [-0.05, 0) is 38.5 Å². The van der Waals surface area contributed by atoms with Crippen molar-refractivity contribution in [2.45, 2.75) is 66.2 Å². The molecule has 0 aromatic carbocycles. The molecule has 120 valence electrons. The number of rotatable bonds is 2. The summed E-state index contributed by atoms with van der Waals surface area (Å²) in [5.74, 6) is -0.846. The number of carboxylic acids is 1. The topological polar surface area (TPSA) is 63.6 Å². The van der Waals surface area contributed by atoms with Crippen molar-refractivity contribution in [3.8, 4) is 0 Å². The zero-order valence-corrected chi connectivity index (χ0v) is 15.0. The Bertz CT molecular complexity index is 290. The second-order valence-corrected chi connectivity index (χ2v) is 4.86. The third kappa shape index (κ3) is 3.94. The van der Waals surface area contributed by atoms with Gasteiger partial charge in [0.25, 0.3) is 0 Å². The van der Waals surface area contributed by atoms with Crippen LogP contribution in [0.25, 0.3) is 0 Å². The molecule has 1 unspecified atom stereocenters. The molecule has 2 bridgehead atoms. The predicted molar refractivity (Wildman–Crippen MR) is 86.0 cm³/mol. The van der Waals surface area contributed by atoms with Gasteiger partial charge in [0.15, 0.2) is 0 Å². The summed E-state index contributed by atoms with van der Waals surface area (Å²) in [4.78, 5) is 22.8. The highest BCUT2D eigenvalue weighted by molar-refractivity contribution is 6.92. The Morgan fingerprint density at radius 2 is 1.15 bits per heavy atom. The minimum Gasteiger partial charge on any atom is -0.481 e. The van der Waals surface area contributed by atoms with Gasteiger partial charge in [0.05, 0.1) is 17.9 Å². The fourth-order valence-corrected chi connectivity index (χ4v) is 3.03. The molecule has 3 saturated carbocycles. The van der Waals surface area contributed by atoms with E-state index in [0.29, 0.717) is 38.5 Å². The molecule has 1 N–H and O–H groups in total. The van der Waals surface area contributed by atoms with Crippen LogP contribution in [0.1, 0.15) is 66.2 Å². The molecule has 5 heteroatoms. The van der Waals surface area contributed by atoms with E-state index in [0.717, 1.165) is 0 Å². The van der Waals surface area contributed by atoms with Gasteiger partial charge in [0, 0.05) is 0 Å². The molecular formula is C15H31O4P. The summed E-state index contributed by atoms with van der Waals surface area (Å²) < 4.78 is 4.82. The lowest BCUT2D eigenvalue weighted by Gasteiger charge is -2.49. The lowest BCUT2D eigenvalue weighted by molar-refractivity contribution is -0.172. The quantitative estimate of drug-likeness (QED) is 0.624. The summed E-state index contributed by atoms with van der Waals surface area (Å²) in [6.45, 7) is 8.00. The number of methoxy groups -OCH3 is 1. The van der Waals surface area contributed by atoms with Crippen LogP contribution in [0.3, 0.4) is 0 Å². The standard InChI is InChI=1S/C11H16O4.2C2H6.H3P/c1-15-9(14)11-5-2-10(3-6-11,4-7-11)8(12)13;2*1-2;/h2-7H2,1H3,(H,12,13);2*1-2H3;1H3. The number of fused-ring (bicyclic) bond motifs is 3. The van der Waals surface area contributed by atoms with Crippen LogP contribution in [0.15, 0.2) is 0 Å². The number of carbonyl (C=O) groups is 2. The average molecular weight is 306 g/mol. The van der Waals surface area contributed by atoms with Crippen molar-refractivity contribution in [1.29, 1.82) is 0 Å². The van der Waals surface area contributed by atoms with E-state index in [-0.39, 0.29) is 21.3 Å². The molecule has 4 nitrogen and oxygen atoms in total. The lowest BCUT2D eigenvalue weighted by Crippen LogP contribution is -2.49. The van der Waals surface area contributed by atoms with E-state index in [1.807, 2.05) is 27.7 Å². The molecule has 0 amide bonds. The molecule has 0 saturated heterocycles. The zero-order chi connectivity index (χ0) is 15.1. The summed E-state index contributed by atoms with van der Waals surface area (Å²) in [5.41, 5.74) is -0.915. The van der Waals surface area contributed by atoms with Crippen molar-refractivity contribution in [3.05, 3.63) is 0 Å². The molecule has 3 aliphatic carbocycles. The van der Waals surface area contributed by atoms with Gasteiger partial charge in [0.1, 0.15) is 0 Å². The summed E-state index contributed by atoms with van der Waals surface area (Å²) in [5, 5.41) is 9.18. The van der Waals surface area contributed by atoms with Gasteiger partial charge in [0.2, 0.25) is 0 Å². The molecule has 0 aromatic rings. The Balaban J connectivity index is 0. The van der Waals surface area contributed by atoms with Crippen LogP contribution in [-0.4, -0.2) is 24.2 Å². The molecular weight excluding hydrogens is 275 g/mol. The minimum atomic E-state index is -0.694. The SMILES string of the molecule is CC.CC.COC(=O)C12CCC(C(=O)O)(CC1)CC2.P. The number of carboxylic acid groups (broad SMARTS) is 1. The molecule has 0 spiro atoms. The fraction of sp³-hybridized carbons (Fsp3) is 0.867. The first-order valence-corrected chi connectivity index (χ1v) is 7.37. The van der Waals surface area contributed by atoms with Crippen molar-refractivity contribution >= 4 is 21.8 Å². The van der Waals surface area contributed by atoms with E-state index in [9.17, 15) is 14.7 Å². The van der Waals surface area contributed by atoms with Gasteiger partial charge in [-0.3, -0.25) is 9.59 Å². The van der Waals surface area contributed by atoms with Gasteiger partial charge in [-0.25, -0.2) is 0 Å². The maximum atomic E-state index is 11.6. The fourth-order valence-electron chi connectivity index (χ4n) is 3.03. The maximum absolute atomic E-state index is 11.6. The van der Waals surface area contributed by atoms with Crippen LogP contribution >= 0.6 is 9.90 Å². The van der Waals surface area contributed by atoms with Crippen LogP contribution in [0, 0.1) is 10.8 Å². The van der Waals surface area contributed by atoms with Gasteiger partial charge in [-0.2, -0.15) is 9.90 Å². The van der Waals surface area contributed by atoms with Crippen molar-refractivity contribution in [2.24, 2.45) is 10.8 Å². The summed E-state index contributed by atoms with van der Waals surface area (Å²) in [6, 6.07) is 0. The first-order valence-electron chi connectivity index (χ1n) is 7.37. The van der Waals surface area contributed by atoms with E-state index >= 15 is 0 Å². The van der Waals surface area contributed by atoms with Crippen molar-refractivity contribution in [2.75, 3.05) is 7.11 Å². The molecule has 0 radical (unpaired) electrons. The highest BCUT2D eigenvalue weighted by Crippen LogP contribution is 2.57. The molecule has 1 atom stereocenters. The van der Waals surface area contributed by atoms with Crippen molar-refractivity contribution < 1.29 is 19.4 Å². The number of hydrogen-bond acceptors (Lipinski definition) is 3. The molecule has 20 heavy (non-hydrogen) atoms. The number of ether oxygens (including phenoxy) is 1. The number of aliphatic carboxylic acids is 1. The summed E-state index contributed by atoms with van der Waals surface area (Å²) in [7, 11) is 1.41. The van der Waals surface area contributed by atoms with E-state index in [1.54, 1.807) is 0 Å². The number of hydrogen-bond donors (Lipinski definition) is 1. The molecule has 0 aromatic heterocycles. The second-order valence-electron chi connectivity index (χ2n) is 4.86. The highest BCUT2D eigenvalue weighted by atomic mass is 31.0.